The summed E-state index contributed by atoms with van der Waals surface area (Å²) in [6, 6.07) is 6.66. The van der Waals surface area contributed by atoms with Gasteiger partial charge in [0.05, 0.1) is 24.4 Å². The first-order valence-corrected chi connectivity index (χ1v) is 15.5. The molecule has 4 aliphatic rings. The first-order chi connectivity index (χ1) is 20.5. The quantitative estimate of drug-likeness (QED) is 0.388. The zero-order valence-electron chi connectivity index (χ0n) is 24.2. The second kappa shape index (κ2) is 11.3. The van der Waals surface area contributed by atoms with Crippen molar-refractivity contribution >= 4 is 34.4 Å². The zero-order chi connectivity index (χ0) is 28.8. The molecule has 3 saturated heterocycles. The van der Waals surface area contributed by atoms with Crippen molar-refractivity contribution in [2.24, 2.45) is 0 Å². The lowest BCUT2D eigenvalue weighted by Gasteiger charge is -2.38. The van der Waals surface area contributed by atoms with Gasteiger partial charge in [-0.05, 0) is 69.7 Å². The Morgan fingerprint density at radius 1 is 1.07 bits per heavy atom. The van der Waals surface area contributed by atoms with Gasteiger partial charge in [-0.1, -0.05) is 12.5 Å². The highest BCUT2D eigenvalue weighted by Crippen LogP contribution is 2.42. The summed E-state index contributed by atoms with van der Waals surface area (Å²) in [5.74, 6) is 2.14. The number of nitrogens with one attached hydrogen (secondary N) is 1. The molecule has 0 spiro atoms. The summed E-state index contributed by atoms with van der Waals surface area (Å²) in [7, 11) is 0. The first kappa shape index (κ1) is 27.4. The third kappa shape index (κ3) is 5.07. The van der Waals surface area contributed by atoms with E-state index in [1.807, 2.05) is 23.1 Å². The largest absolute Gasteiger partial charge is 0.395 e. The van der Waals surface area contributed by atoms with Gasteiger partial charge in [0.25, 0.3) is 0 Å². The maximum Gasteiger partial charge on any atom is 0.240 e. The summed E-state index contributed by atoms with van der Waals surface area (Å²) in [4.78, 5) is 39.2. The molecule has 3 fully saturated rings. The van der Waals surface area contributed by atoms with Gasteiger partial charge in [-0.3, -0.25) is 9.69 Å². The van der Waals surface area contributed by atoms with E-state index >= 15 is 0 Å². The minimum Gasteiger partial charge on any atom is -0.395 e. The minimum absolute atomic E-state index is 0.0766. The lowest BCUT2D eigenvalue weighted by Crippen LogP contribution is -2.52. The monoisotopic (exact) mass is 572 g/mol. The molecule has 7 heterocycles. The Balaban J connectivity index is 1.10. The smallest absolute Gasteiger partial charge is 0.240 e. The number of hydrogen-bond donors (Lipinski definition) is 3. The standard InChI is InChI=1S/C31H40N8O3/c1-19(41)25-16-21-17-32-31(36-28(21)29(34-25)39-22-6-7-23(39)9-8-22)35-27-10-5-20-18-38(13-11-24(20)33-27)30(42)26-4-2-3-12-37(26)14-15-40/h5,10,16-17,19,22-23,26,40-41H,2-4,6-9,11-15,18H2,1H3,(H,32,33,35,36)/t19-,22?,23?,26-/m1/s1. The number of β-amino-alcohol motifs (C(OH)–C–C–N with tert-alkyl or cyclic N) is 1. The number of carbonyl (C=O) groups excluding carboxylic acids is 1. The van der Waals surface area contributed by atoms with E-state index in [2.05, 4.69) is 20.1 Å². The van der Waals surface area contributed by atoms with Crippen LogP contribution in [-0.2, 0) is 17.8 Å². The van der Waals surface area contributed by atoms with Gasteiger partial charge in [0.15, 0.2) is 5.82 Å². The second-order valence-electron chi connectivity index (χ2n) is 12.3. The maximum absolute atomic E-state index is 13.4. The zero-order valence-corrected chi connectivity index (χ0v) is 24.2. The first-order valence-electron chi connectivity index (χ1n) is 15.5. The number of likely N-dealkylation sites (tertiary alicyclic amines) is 1. The van der Waals surface area contributed by atoms with E-state index in [0.717, 1.165) is 53.8 Å². The fourth-order valence-electron chi connectivity index (χ4n) is 7.42. The molecule has 3 aromatic heterocycles. The third-order valence-corrected chi connectivity index (χ3v) is 9.58. The highest BCUT2D eigenvalue weighted by atomic mass is 16.3. The molecular weight excluding hydrogens is 532 g/mol. The van der Waals surface area contributed by atoms with Crippen molar-refractivity contribution in [3.05, 3.63) is 41.3 Å². The lowest BCUT2D eigenvalue weighted by molar-refractivity contribution is -0.139. The SMILES string of the molecule is C[C@@H](O)c1cc2cnc(Nc3ccc4c(n3)CCN(C(=O)[C@H]3CCCCN3CCO)C4)nc2c(N2C3CCC2CC3)n1. The predicted molar refractivity (Wildman–Crippen MR) is 159 cm³/mol. The number of nitrogens with zero attached hydrogens (tertiary/aromatic N) is 7. The summed E-state index contributed by atoms with van der Waals surface area (Å²) >= 11 is 0. The van der Waals surface area contributed by atoms with Gasteiger partial charge in [0, 0.05) is 55.4 Å². The van der Waals surface area contributed by atoms with Crippen molar-refractivity contribution in [1.29, 1.82) is 0 Å². The van der Waals surface area contributed by atoms with Crippen LogP contribution in [0.1, 0.15) is 74.9 Å². The van der Waals surface area contributed by atoms with Crippen molar-refractivity contribution in [2.45, 2.75) is 89.1 Å². The van der Waals surface area contributed by atoms with Gasteiger partial charge >= 0.3 is 0 Å². The molecule has 0 aromatic carbocycles. The number of anilines is 3. The molecule has 7 rings (SSSR count). The molecule has 0 saturated carbocycles. The molecule has 3 aromatic rings. The normalized spacial score (nSPS) is 24.7. The predicted octanol–water partition coefficient (Wildman–Crippen LogP) is 3.08. The number of aliphatic hydroxyl groups excluding tert-OH is 2. The molecule has 4 aliphatic heterocycles. The van der Waals surface area contributed by atoms with Crippen molar-refractivity contribution in [2.75, 3.05) is 36.5 Å². The molecule has 0 unspecified atom stereocenters. The van der Waals surface area contributed by atoms with E-state index in [-0.39, 0.29) is 18.6 Å². The summed E-state index contributed by atoms with van der Waals surface area (Å²) in [6.07, 6.45) is 9.49. The Labute approximate surface area is 246 Å². The van der Waals surface area contributed by atoms with E-state index in [1.54, 1.807) is 13.1 Å². The van der Waals surface area contributed by atoms with Gasteiger partial charge in [0.2, 0.25) is 11.9 Å². The van der Waals surface area contributed by atoms with E-state index in [0.29, 0.717) is 55.6 Å². The van der Waals surface area contributed by atoms with Crippen LogP contribution >= 0.6 is 0 Å². The lowest BCUT2D eigenvalue weighted by atomic mass is 9.98. The molecule has 0 aliphatic carbocycles. The van der Waals surface area contributed by atoms with Crippen LogP contribution in [0.2, 0.25) is 0 Å². The Kier molecular flexibility index (Phi) is 7.41. The highest BCUT2D eigenvalue weighted by Gasteiger charge is 2.41. The van der Waals surface area contributed by atoms with E-state index < -0.39 is 6.10 Å². The van der Waals surface area contributed by atoms with Crippen LogP contribution in [0.25, 0.3) is 10.9 Å². The Morgan fingerprint density at radius 2 is 1.88 bits per heavy atom. The van der Waals surface area contributed by atoms with Crippen LogP contribution in [0.4, 0.5) is 17.6 Å². The molecule has 2 bridgehead atoms. The topological polar surface area (TPSA) is 131 Å². The van der Waals surface area contributed by atoms with Gasteiger partial charge in [-0.2, -0.15) is 0 Å². The van der Waals surface area contributed by atoms with Crippen LogP contribution in [0.5, 0.6) is 0 Å². The fraction of sp³-hybridized carbons (Fsp3) is 0.581. The molecule has 222 valence electrons. The Morgan fingerprint density at radius 3 is 2.64 bits per heavy atom. The number of pyridine rings is 2. The molecule has 3 N–H and O–H groups in total. The Bertz CT molecular complexity index is 1460. The summed E-state index contributed by atoms with van der Waals surface area (Å²) in [5.41, 5.74) is 3.48. The van der Waals surface area contributed by atoms with Crippen LogP contribution in [-0.4, -0.2) is 90.2 Å². The number of amides is 1. The average molecular weight is 573 g/mol. The number of rotatable bonds is 7. The number of aromatic nitrogens is 4. The maximum atomic E-state index is 13.4. The van der Waals surface area contributed by atoms with E-state index in [4.69, 9.17) is 15.0 Å². The van der Waals surface area contributed by atoms with Gasteiger partial charge in [-0.25, -0.2) is 19.9 Å². The number of aliphatic hydroxyl groups is 2. The van der Waals surface area contributed by atoms with Crippen molar-refractivity contribution in [1.82, 2.24) is 29.7 Å². The molecule has 1 amide bonds. The molecule has 11 nitrogen and oxygen atoms in total. The van der Waals surface area contributed by atoms with E-state index in [9.17, 15) is 15.0 Å². The number of fused-ring (bicyclic) bond motifs is 4. The molecule has 42 heavy (non-hydrogen) atoms. The van der Waals surface area contributed by atoms with Crippen LogP contribution in [0.3, 0.4) is 0 Å². The van der Waals surface area contributed by atoms with Crippen molar-refractivity contribution in [3.8, 4) is 0 Å². The summed E-state index contributed by atoms with van der Waals surface area (Å²) < 4.78 is 0. The van der Waals surface area contributed by atoms with Crippen LogP contribution in [0, 0.1) is 0 Å². The number of piperidine rings is 1. The number of hydrogen-bond acceptors (Lipinski definition) is 10. The number of carbonyl (C=O) groups is 1. The van der Waals surface area contributed by atoms with Gasteiger partial charge < -0.3 is 25.3 Å². The second-order valence-corrected chi connectivity index (χ2v) is 12.3. The Hall–Kier alpha value is -3.41. The summed E-state index contributed by atoms with van der Waals surface area (Å²) in [6.45, 7) is 4.42. The van der Waals surface area contributed by atoms with Crippen LogP contribution in [0.15, 0.2) is 24.4 Å². The highest BCUT2D eigenvalue weighted by molar-refractivity contribution is 5.90. The van der Waals surface area contributed by atoms with Crippen LogP contribution < -0.4 is 10.2 Å². The molecular formula is C31H40N8O3. The van der Waals surface area contributed by atoms with Gasteiger partial charge in [-0.15, -0.1) is 0 Å². The summed E-state index contributed by atoms with van der Waals surface area (Å²) in [5, 5.41) is 23.9. The fourth-order valence-corrected chi connectivity index (χ4v) is 7.42. The molecule has 0 radical (unpaired) electrons. The molecule has 2 atom stereocenters. The van der Waals surface area contributed by atoms with Crippen molar-refractivity contribution < 1.29 is 15.0 Å². The minimum atomic E-state index is -0.667. The van der Waals surface area contributed by atoms with Gasteiger partial charge in [0.1, 0.15) is 11.3 Å². The third-order valence-electron chi connectivity index (χ3n) is 9.58. The van der Waals surface area contributed by atoms with E-state index in [1.165, 1.54) is 25.7 Å². The van der Waals surface area contributed by atoms with Crippen molar-refractivity contribution in [3.63, 3.8) is 0 Å². The molecule has 11 heteroatoms. The average Bonchev–Trinajstić information content (AvgIpc) is 3.61.